The van der Waals surface area contributed by atoms with Crippen molar-refractivity contribution in [1.29, 1.82) is 0 Å². The van der Waals surface area contributed by atoms with E-state index in [4.69, 9.17) is 4.74 Å². The molecule has 0 aromatic rings. The summed E-state index contributed by atoms with van der Waals surface area (Å²) in [6.07, 6.45) is 5.30. The van der Waals surface area contributed by atoms with Gasteiger partial charge in [0.2, 0.25) is 0 Å². The van der Waals surface area contributed by atoms with Crippen LogP contribution in [0.2, 0.25) is 0 Å². The zero-order valence-electron chi connectivity index (χ0n) is 10.3. The molecule has 0 radical (unpaired) electrons. The monoisotopic (exact) mass is 215 g/mol. The third kappa shape index (κ3) is 4.09. The van der Waals surface area contributed by atoms with Crippen LogP contribution in [0.5, 0.6) is 0 Å². The van der Waals surface area contributed by atoms with Crippen LogP contribution in [-0.4, -0.2) is 37.0 Å². The van der Waals surface area contributed by atoms with Gasteiger partial charge >= 0.3 is 0 Å². The fourth-order valence-corrected chi connectivity index (χ4v) is 1.89. The molecule has 0 aromatic heterocycles. The molecule has 15 heavy (non-hydrogen) atoms. The first-order valence-corrected chi connectivity index (χ1v) is 6.01. The second-order valence-electron chi connectivity index (χ2n) is 5.16. The fourth-order valence-electron chi connectivity index (χ4n) is 1.89. The van der Waals surface area contributed by atoms with Crippen molar-refractivity contribution in [3.63, 3.8) is 0 Å². The van der Waals surface area contributed by atoms with Gasteiger partial charge < -0.3 is 15.2 Å². The van der Waals surface area contributed by atoms with E-state index in [9.17, 15) is 5.11 Å². The van der Waals surface area contributed by atoms with Crippen molar-refractivity contribution in [2.75, 3.05) is 20.3 Å². The van der Waals surface area contributed by atoms with Crippen LogP contribution >= 0.6 is 0 Å². The number of hydrogen-bond donors (Lipinski definition) is 2. The lowest BCUT2D eigenvalue weighted by Crippen LogP contribution is -2.48. The maximum absolute atomic E-state index is 9.21. The van der Waals surface area contributed by atoms with Crippen LogP contribution in [0, 0.1) is 5.92 Å². The van der Waals surface area contributed by atoms with Crippen LogP contribution in [0.15, 0.2) is 0 Å². The van der Waals surface area contributed by atoms with Crippen molar-refractivity contribution in [2.24, 2.45) is 5.92 Å². The van der Waals surface area contributed by atoms with E-state index in [1.54, 1.807) is 0 Å². The third-order valence-electron chi connectivity index (χ3n) is 3.55. The van der Waals surface area contributed by atoms with Gasteiger partial charge in [-0.2, -0.15) is 0 Å². The molecule has 0 bridgehead atoms. The molecule has 1 fully saturated rings. The van der Waals surface area contributed by atoms with E-state index in [-0.39, 0.29) is 12.1 Å². The molecule has 0 saturated heterocycles. The van der Waals surface area contributed by atoms with E-state index in [1.165, 1.54) is 25.7 Å². The van der Waals surface area contributed by atoms with Gasteiger partial charge in [0, 0.05) is 0 Å². The number of hydrogen-bond acceptors (Lipinski definition) is 3. The molecule has 1 saturated carbocycles. The smallest absolute Gasteiger partial charge is 0.0671 e. The largest absolute Gasteiger partial charge is 0.394 e. The summed E-state index contributed by atoms with van der Waals surface area (Å²) in [7, 11) is 1.86. The molecular formula is C12H25NO2. The standard InChI is InChI=1S/C12H25NO2/c1-10-4-6-11(7-5-10)15-9-12(2,8-14)13-3/h10-11,13-14H,4-9H2,1-3H3. The van der Waals surface area contributed by atoms with Crippen molar-refractivity contribution in [1.82, 2.24) is 5.32 Å². The second kappa shape index (κ2) is 5.83. The summed E-state index contributed by atoms with van der Waals surface area (Å²) < 4.78 is 5.86. The molecule has 2 N–H and O–H groups in total. The van der Waals surface area contributed by atoms with Crippen LogP contribution in [0.3, 0.4) is 0 Å². The Hall–Kier alpha value is -0.120. The zero-order chi connectivity index (χ0) is 11.3. The number of ether oxygens (including phenoxy) is 1. The molecule has 1 unspecified atom stereocenters. The number of rotatable bonds is 5. The predicted molar refractivity (Wildman–Crippen MR) is 61.9 cm³/mol. The lowest BCUT2D eigenvalue weighted by atomic mass is 9.89. The van der Waals surface area contributed by atoms with Gasteiger partial charge in [0.1, 0.15) is 0 Å². The molecule has 0 aliphatic heterocycles. The lowest BCUT2D eigenvalue weighted by Gasteiger charge is -2.32. The summed E-state index contributed by atoms with van der Waals surface area (Å²) in [4.78, 5) is 0. The molecule has 1 aliphatic rings. The Labute approximate surface area is 93.2 Å². The van der Waals surface area contributed by atoms with Gasteiger partial charge in [-0.05, 0) is 45.6 Å². The maximum atomic E-state index is 9.21. The Morgan fingerprint density at radius 1 is 1.33 bits per heavy atom. The molecule has 0 spiro atoms. The highest BCUT2D eigenvalue weighted by molar-refractivity contribution is 4.81. The predicted octanol–water partition coefficient (Wildman–Crippen LogP) is 1.55. The van der Waals surface area contributed by atoms with Gasteiger partial charge in [-0.3, -0.25) is 0 Å². The van der Waals surface area contributed by atoms with Crippen LogP contribution in [0.25, 0.3) is 0 Å². The summed E-state index contributed by atoms with van der Waals surface area (Å²) in [6, 6.07) is 0. The van der Waals surface area contributed by atoms with Crippen molar-refractivity contribution in [3.8, 4) is 0 Å². The van der Waals surface area contributed by atoms with Gasteiger partial charge in [-0.1, -0.05) is 6.92 Å². The van der Waals surface area contributed by atoms with E-state index < -0.39 is 0 Å². The van der Waals surface area contributed by atoms with Gasteiger partial charge in [0.05, 0.1) is 24.9 Å². The Morgan fingerprint density at radius 3 is 2.40 bits per heavy atom. The molecule has 0 aromatic carbocycles. The zero-order valence-corrected chi connectivity index (χ0v) is 10.3. The second-order valence-corrected chi connectivity index (χ2v) is 5.16. The highest BCUT2D eigenvalue weighted by atomic mass is 16.5. The SMILES string of the molecule is CNC(C)(CO)COC1CCC(C)CC1. The van der Waals surface area contributed by atoms with Crippen molar-refractivity contribution in [3.05, 3.63) is 0 Å². The summed E-state index contributed by atoms with van der Waals surface area (Å²) in [5, 5.41) is 12.3. The summed E-state index contributed by atoms with van der Waals surface area (Å²) in [6.45, 7) is 5.01. The number of nitrogens with one attached hydrogen (secondary N) is 1. The quantitative estimate of drug-likeness (QED) is 0.731. The lowest BCUT2D eigenvalue weighted by molar-refractivity contribution is -0.0221. The summed E-state index contributed by atoms with van der Waals surface area (Å²) >= 11 is 0. The molecule has 1 rings (SSSR count). The average Bonchev–Trinajstić information content (AvgIpc) is 2.28. The topological polar surface area (TPSA) is 41.5 Å². The van der Waals surface area contributed by atoms with Crippen molar-refractivity contribution < 1.29 is 9.84 Å². The van der Waals surface area contributed by atoms with Crippen molar-refractivity contribution in [2.45, 2.75) is 51.2 Å². The molecule has 0 heterocycles. The van der Waals surface area contributed by atoms with E-state index in [0.29, 0.717) is 12.7 Å². The molecule has 1 aliphatic carbocycles. The minimum atomic E-state index is -0.289. The number of aliphatic hydroxyl groups excluding tert-OH is 1. The van der Waals surface area contributed by atoms with E-state index >= 15 is 0 Å². The third-order valence-corrected chi connectivity index (χ3v) is 3.55. The Morgan fingerprint density at radius 2 is 1.93 bits per heavy atom. The molecular weight excluding hydrogens is 190 g/mol. The molecule has 3 heteroatoms. The van der Waals surface area contributed by atoms with Crippen LogP contribution in [-0.2, 0) is 4.74 Å². The number of likely N-dealkylation sites (N-methyl/N-ethyl adjacent to an activating group) is 1. The van der Waals surface area contributed by atoms with Crippen LogP contribution < -0.4 is 5.32 Å². The minimum Gasteiger partial charge on any atom is -0.394 e. The molecule has 1 atom stereocenters. The van der Waals surface area contributed by atoms with E-state index in [1.807, 2.05) is 14.0 Å². The summed E-state index contributed by atoms with van der Waals surface area (Å²) in [5.41, 5.74) is -0.289. The van der Waals surface area contributed by atoms with Gasteiger partial charge in [-0.25, -0.2) is 0 Å². The first-order chi connectivity index (χ1) is 7.09. The fraction of sp³-hybridized carbons (Fsp3) is 1.00. The van der Waals surface area contributed by atoms with E-state index in [2.05, 4.69) is 12.2 Å². The highest BCUT2D eigenvalue weighted by Gasteiger charge is 2.25. The maximum Gasteiger partial charge on any atom is 0.0671 e. The van der Waals surface area contributed by atoms with Crippen molar-refractivity contribution >= 4 is 0 Å². The van der Waals surface area contributed by atoms with Gasteiger partial charge in [-0.15, -0.1) is 0 Å². The normalized spacial score (nSPS) is 31.2. The van der Waals surface area contributed by atoms with Crippen LogP contribution in [0.1, 0.15) is 39.5 Å². The van der Waals surface area contributed by atoms with E-state index in [0.717, 1.165) is 5.92 Å². The number of aliphatic hydroxyl groups is 1. The first kappa shape index (κ1) is 12.9. The Kier molecular flexibility index (Phi) is 5.03. The Balaban J connectivity index is 2.24. The minimum absolute atomic E-state index is 0.118. The molecule has 0 amide bonds. The highest BCUT2D eigenvalue weighted by Crippen LogP contribution is 2.26. The first-order valence-electron chi connectivity index (χ1n) is 6.01. The van der Waals surface area contributed by atoms with Gasteiger partial charge in [0.15, 0.2) is 0 Å². The Bertz CT molecular complexity index is 172. The van der Waals surface area contributed by atoms with Crippen LogP contribution in [0.4, 0.5) is 0 Å². The van der Waals surface area contributed by atoms with Gasteiger partial charge in [0.25, 0.3) is 0 Å². The molecule has 3 nitrogen and oxygen atoms in total. The average molecular weight is 215 g/mol. The summed E-state index contributed by atoms with van der Waals surface area (Å²) in [5.74, 6) is 0.860. The molecule has 90 valence electrons.